The number of hydrogen-bond acceptors (Lipinski definition) is 6. The van der Waals surface area contributed by atoms with Crippen LogP contribution in [0.25, 0.3) is 5.76 Å². The van der Waals surface area contributed by atoms with E-state index >= 15 is 0 Å². The minimum absolute atomic E-state index is 0.00393. The van der Waals surface area contributed by atoms with Crippen LogP contribution in [0.15, 0.2) is 78.4 Å². The molecule has 0 radical (unpaired) electrons. The molecular weight excluding hydrogens is 458 g/mol. The number of carbonyl (C=O) groups excluding carboxylic acids is 2. The van der Waals surface area contributed by atoms with Gasteiger partial charge >= 0.3 is 0 Å². The molecule has 1 unspecified atom stereocenters. The van der Waals surface area contributed by atoms with Gasteiger partial charge < -0.3 is 24.2 Å². The standard InChI is InChI=1S/C29H29NO6/c1-18(2)36-24-10-5-7-19(15-24)17-30-26(21-8-6-9-23(16-21)35-4)25(28(32)29(30)33)27(31)20-11-13-22(34-3)14-12-20/h5-16,18,26,31H,17H2,1-4H3/b27-25-. The lowest BCUT2D eigenvalue weighted by Crippen LogP contribution is -2.29. The van der Waals surface area contributed by atoms with E-state index in [1.165, 1.54) is 4.90 Å². The molecule has 1 amide bonds. The third kappa shape index (κ3) is 5.05. The average Bonchev–Trinajstić information content (AvgIpc) is 3.13. The number of ketones is 1. The van der Waals surface area contributed by atoms with E-state index in [1.807, 2.05) is 44.2 Å². The topological polar surface area (TPSA) is 85.3 Å². The predicted molar refractivity (Wildman–Crippen MR) is 136 cm³/mol. The molecule has 1 aliphatic heterocycles. The van der Waals surface area contributed by atoms with Crippen molar-refractivity contribution in [1.82, 2.24) is 4.90 Å². The number of aliphatic hydroxyl groups is 1. The van der Waals surface area contributed by atoms with Gasteiger partial charge in [-0.15, -0.1) is 0 Å². The van der Waals surface area contributed by atoms with E-state index < -0.39 is 17.7 Å². The number of aliphatic hydroxyl groups excluding tert-OH is 1. The van der Waals surface area contributed by atoms with Crippen LogP contribution >= 0.6 is 0 Å². The summed E-state index contributed by atoms with van der Waals surface area (Å²) in [6, 6.07) is 20.4. The quantitative estimate of drug-likeness (QED) is 0.270. The highest BCUT2D eigenvalue weighted by atomic mass is 16.5. The van der Waals surface area contributed by atoms with Gasteiger partial charge in [0.25, 0.3) is 11.7 Å². The van der Waals surface area contributed by atoms with Crippen molar-refractivity contribution in [2.24, 2.45) is 0 Å². The SMILES string of the molecule is COc1ccc(/C(O)=C2/C(=O)C(=O)N(Cc3cccc(OC(C)C)c3)C2c2cccc(OC)c2)cc1. The smallest absolute Gasteiger partial charge is 0.295 e. The molecular formula is C29H29NO6. The van der Waals surface area contributed by atoms with Crippen LogP contribution in [0.2, 0.25) is 0 Å². The summed E-state index contributed by atoms with van der Waals surface area (Å²) in [5.74, 6) is 0.187. The van der Waals surface area contributed by atoms with Crippen molar-refractivity contribution in [3.05, 3.63) is 95.1 Å². The molecule has 0 bridgehead atoms. The van der Waals surface area contributed by atoms with Gasteiger partial charge in [-0.05, 0) is 73.5 Å². The van der Waals surface area contributed by atoms with Gasteiger partial charge in [-0.3, -0.25) is 9.59 Å². The predicted octanol–water partition coefficient (Wildman–Crippen LogP) is 5.11. The molecule has 0 saturated carbocycles. The lowest BCUT2D eigenvalue weighted by molar-refractivity contribution is -0.140. The molecule has 36 heavy (non-hydrogen) atoms. The average molecular weight is 488 g/mol. The van der Waals surface area contributed by atoms with Crippen LogP contribution in [0, 0.1) is 0 Å². The molecule has 1 saturated heterocycles. The summed E-state index contributed by atoms with van der Waals surface area (Å²) < 4.78 is 16.4. The van der Waals surface area contributed by atoms with Crippen LogP contribution in [0.1, 0.15) is 36.6 Å². The maximum atomic E-state index is 13.3. The number of methoxy groups -OCH3 is 2. The minimum atomic E-state index is -0.808. The van der Waals surface area contributed by atoms with E-state index in [2.05, 4.69) is 0 Å². The second-order valence-electron chi connectivity index (χ2n) is 8.75. The molecule has 3 aromatic carbocycles. The molecule has 0 aliphatic carbocycles. The Balaban J connectivity index is 1.81. The highest BCUT2D eigenvalue weighted by molar-refractivity contribution is 6.46. The summed E-state index contributed by atoms with van der Waals surface area (Å²) in [6.07, 6.45) is -0.00393. The van der Waals surface area contributed by atoms with Gasteiger partial charge in [0.15, 0.2) is 0 Å². The zero-order valence-electron chi connectivity index (χ0n) is 20.7. The van der Waals surface area contributed by atoms with E-state index in [4.69, 9.17) is 14.2 Å². The normalized spacial score (nSPS) is 16.9. The van der Waals surface area contributed by atoms with Gasteiger partial charge in [-0.2, -0.15) is 0 Å². The Morgan fingerprint density at radius 1 is 0.889 bits per heavy atom. The van der Waals surface area contributed by atoms with E-state index in [1.54, 1.807) is 56.7 Å². The largest absolute Gasteiger partial charge is 0.507 e. The number of Topliss-reactive ketones (excluding diaryl/α,β-unsaturated/α-hetero) is 1. The number of rotatable bonds is 8. The first-order valence-corrected chi connectivity index (χ1v) is 11.6. The molecule has 1 atom stereocenters. The Morgan fingerprint density at radius 2 is 1.56 bits per heavy atom. The van der Waals surface area contributed by atoms with Gasteiger partial charge in [0.2, 0.25) is 0 Å². The summed E-state index contributed by atoms with van der Waals surface area (Å²) >= 11 is 0. The summed E-state index contributed by atoms with van der Waals surface area (Å²) in [5, 5.41) is 11.2. The molecule has 7 nitrogen and oxygen atoms in total. The molecule has 1 N–H and O–H groups in total. The number of benzene rings is 3. The summed E-state index contributed by atoms with van der Waals surface area (Å²) in [5.41, 5.74) is 1.88. The highest BCUT2D eigenvalue weighted by Crippen LogP contribution is 2.41. The van der Waals surface area contributed by atoms with Crippen molar-refractivity contribution < 1.29 is 28.9 Å². The summed E-state index contributed by atoms with van der Waals surface area (Å²) in [4.78, 5) is 28.1. The molecule has 4 rings (SSSR count). The fourth-order valence-corrected chi connectivity index (χ4v) is 4.29. The molecule has 186 valence electrons. The fraction of sp³-hybridized carbons (Fsp3) is 0.241. The lowest BCUT2D eigenvalue weighted by atomic mass is 9.95. The zero-order valence-corrected chi connectivity index (χ0v) is 20.7. The van der Waals surface area contributed by atoms with Crippen molar-refractivity contribution in [2.75, 3.05) is 14.2 Å². The molecule has 0 aromatic heterocycles. The monoisotopic (exact) mass is 487 g/mol. The summed E-state index contributed by atoms with van der Waals surface area (Å²) in [6.45, 7) is 4.03. The van der Waals surface area contributed by atoms with Crippen LogP contribution in [-0.4, -0.2) is 42.0 Å². The van der Waals surface area contributed by atoms with Crippen LogP contribution < -0.4 is 14.2 Å². The van der Waals surface area contributed by atoms with Gasteiger partial charge in [0.1, 0.15) is 23.0 Å². The Kier molecular flexibility index (Phi) is 7.29. The zero-order chi connectivity index (χ0) is 25.8. The van der Waals surface area contributed by atoms with Crippen LogP contribution in [-0.2, 0) is 16.1 Å². The fourth-order valence-electron chi connectivity index (χ4n) is 4.29. The van der Waals surface area contributed by atoms with Gasteiger partial charge in [0.05, 0.1) is 31.9 Å². The number of amides is 1. The maximum Gasteiger partial charge on any atom is 0.295 e. The molecule has 1 heterocycles. The molecule has 1 fully saturated rings. The Morgan fingerprint density at radius 3 is 2.22 bits per heavy atom. The number of ether oxygens (including phenoxy) is 3. The molecule has 0 spiro atoms. The van der Waals surface area contributed by atoms with Crippen molar-refractivity contribution in [3.8, 4) is 17.2 Å². The van der Waals surface area contributed by atoms with Gasteiger partial charge in [-0.25, -0.2) is 0 Å². The lowest BCUT2D eigenvalue weighted by Gasteiger charge is -2.26. The third-order valence-electron chi connectivity index (χ3n) is 5.94. The molecule has 7 heteroatoms. The second-order valence-corrected chi connectivity index (χ2v) is 8.75. The Labute approximate surface area is 210 Å². The van der Waals surface area contributed by atoms with Crippen LogP contribution in [0.4, 0.5) is 0 Å². The summed E-state index contributed by atoms with van der Waals surface area (Å²) in [7, 11) is 3.10. The first-order valence-electron chi connectivity index (χ1n) is 11.6. The minimum Gasteiger partial charge on any atom is -0.507 e. The number of hydrogen-bond donors (Lipinski definition) is 1. The second kappa shape index (κ2) is 10.6. The van der Waals surface area contributed by atoms with Crippen molar-refractivity contribution in [1.29, 1.82) is 0 Å². The van der Waals surface area contributed by atoms with Crippen molar-refractivity contribution in [2.45, 2.75) is 32.5 Å². The van der Waals surface area contributed by atoms with Gasteiger partial charge in [0, 0.05) is 12.1 Å². The van der Waals surface area contributed by atoms with E-state index in [-0.39, 0.29) is 24.0 Å². The maximum absolute atomic E-state index is 13.3. The van der Waals surface area contributed by atoms with Crippen molar-refractivity contribution >= 4 is 17.4 Å². The molecule has 3 aromatic rings. The van der Waals surface area contributed by atoms with Gasteiger partial charge in [-0.1, -0.05) is 24.3 Å². The van der Waals surface area contributed by atoms with Crippen LogP contribution in [0.5, 0.6) is 17.2 Å². The first kappa shape index (κ1) is 24.9. The van der Waals surface area contributed by atoms with Crippen molar-refractivity contribution in [3.63, 3.8) is 0 Å². The van der Waals surface area contributed by atoms with E-state index in [0.717, 1.165) is 5.56 Å². The Bertz CT molecular complexity index is 1300. The highest BCUT2D eigenvalue weighted by Gasteiger charge is 2.46. The Hall–Kier alpha value is -4.26. The number of nitrogens with zero attached hydrogens (tertiary/aromatic N) is 1. The van der Waals surface area contributed by atoms with E-state index in [9.17, 15) is 14.7 Å². The van der Waals surface area contributed by atoms with Crippen LogP contribution in [0.3, 0.4) is 0 Å². The number of carbonyl (C=O) groups is 2. The third-order valence-corrected chi connectivity index (χ3v) is 5.94. The van der Waals surface area contributed by atoms with E-state index in [0.29, 0.717) is 28.4 Å². The first-order chi connectivity index (χ1) is 17.3. The number of likely N-dealkylation sites (tertiary alicyclic amines) is 1. The molecule has 1 aliphatic rings.